The van der Waals surface area contributed by atoms with Gasteiger partial charge >= 0.3 is 6.03 Å². The van der Waals surface area contributed by atoms with E-state index in [0.717, 1.165) is 19.4 Å². The first-order valence-electron chi connectivity index (χ1n) is 10.1. The fraction of sp³-hybridized carbons (Fsp3) is 0.292. The third kappa shape index (κ3) is 4.86. The molecular formula is C24H27N3OS. The zero-order chi connectivity index (χ0) is 20.1. The first kappa shape index (κ1) is 19.7. The predicted molar refractivity (Wildman–Crippen MR) is 121 cm³/mol. The van der Waals surface area contributed by atoms with Crippen molar-refractivity contribution >= 4 is 27.5 Å². The van der Waals surface area contributed by atoms with Crippen molar-refractivity contribution in [3.63, 3.8) is 0 Å². The molecule has 2 amide bonds. The fourth-order valence-corrected chi connectivity index (χ4v) is 4.94. The van der Waals surface area contributed by atoms with Gasteiger partial charge in [0.1, 0.15) is 0 Å². The zero-order valence-electron chi connectivity index (χ0n) is 16.6. The highest BCUT2D eigenvalue weighted by Gasteiger charge is 2.22. The molecule has 1 atom stereocenters. The SMILES string of the molecule is C=CCN(C[C@@H]1Cc2ccccc2CN1)C(=O)NCCc1cc2ccccc2s1. The number of rotatable bonds is 7. The number of amides is 2. The summed E-state index contributed by atoms with van der Waals surface area (Å²) in [5.74, 6) is 0. The maximum Gasteiger partial charge on any atom is 0.317 e. The van der Waals surface area contributed by atoms with Gasteiger partial charge in [0.05, 0.1) is 0 Å². The van der Waals surface area contributed by atoms with Crippen LogP contribution in [-0.2, 0) is 19.4 Å². The van der Waals surface area contributed by atoms with Crippen LogP contribution in [0.3, 0.4) is 0 Å². The molecule has 4 nitrogen and oxygen atoms in total. The Kier molecular flexibility index (Phi) is 6.27. The van der Waals surface area contributed by atoms with E-state index in [2.05, 4.69) is 71.8 Å². The second kappa shape index (κ2) is 9.25. The van der Waals surface area contributed by atoms with E-state index in [1.54, 1.807) is 17.4 Å². The quantitative estimate of drug-likeness (QED) is 0.574. The number of carbonyl (C=O) groups is 1. The summed E-state index contributed by atoms with van der Waals surface area (Å²) in [6, 6.07) is 19.4. The summed E-state index contributed by atoms with van der Waals surface area (Å²) in [7, 11) is 0. The van der Waals surface area contributed by atoms with Gasteiger partial charge in [-0.25, -0.2) is 4.79 Å². The van der Waals surface area contributed by atoms with E-state index in [1.165, 1.54) is 26.1 Å². The van der Waals surface area contributed by atoms with E-state index in [4.69, 9.17) is 0 Å². The average molecular weight is 406 g/mol. The second-order valence-corrected chi connectivity index (χ2v) is 8.65. The summed E-state index contributed by atoms with van der Waals surface area (Å²) in [6.45, 7) is 6.55. The van der Waals surface area contributed by atoms with Crippen LogP contribution >= 0.6 is 11.3 Å². The molecule has 5 heteroatoms. The second-order valence-electron chi connectivity index (χ2n) is 7.48. The van der Waals surface area contributed by atoms with E-state index < -0.39 is 0 Å². The van der Waals surface area contributed by atoms with Gasteiger partial charge in [-0.05, 0) is 41.5 Å². The number of hydrogen-bond donors (Lipinski definition) is 2. The first-order valence-corrected chi connectivity index (χ1v) is 11.0. The molecular weight excluding hydrogens is 378 g/mol. The highest BCUT2D eigenvalue weighted by Crippen LogP contribution is 2.25. The van der Waals surface area contributed by atoms with Crippen LogP contribution in [0.5, 0.6) is 0 Å². The van der Waals surface area contributed by atoms with E-state index in [-0.39, 0.29) is 12.1 Å². The topological polar surface area (TPSA) is 44.4 Å². The Labute approximate surface area is 176 Å². The van der Waals surface area contributed by atoms with Crippen molar-refractivity contribution in [2.24, 2.45) is 0 Å². The van der Waals surface area contributed by atoms with Crippen molar-refractivity contribution < 1.29 is 4.79 Å². The van der Waals surface area contributed by atoms with Crippen molar-refractivity contribution in [2.75, 3.05) is 19.6 Å². The minimum Gasteiger partial charge on any atom is -0.338 e. The van der Waals surface area contributed by atoms with Crippen LogP contribution in [0.25, 0.3) is 10.1 Å². The van der Waals surface area contributed by atoms with Crippen LogP contribution in [0.4, 0.5) is 4.79 Å². The Hall–Kier alpha value is -2.63. The van der Waals surface area contributed by atoms with Gasteiger partial charge in [0.25, 0.3) is 0 Å². The Morgan fingerprint density at radius 2 is 2.00 bits per heavy atom. The van der Waals surface area contributed by atoms with Crippen LogP contribution < -0.4 is 10.6 Å². The monoisotopic (exact) mass is 405 g/mol. The number of carbonyl (C=O) groups excluding carboxylic acids is 1. The van der Waals surface area contributed by atoms with E-state index in [9.17, 15) is 4.79 Å². The summed E-state index contributed by atoms with van der Waals surface area (Å²) in [4.78, 5) is 15.9. The molecule has 0 saturated carbocycles. The summed E-state index contributed by atoms with van der Waals surface area (Å²) in [6.07, 6.45) is 3.59. The molecule has 4 rings (SSSR count). The molecule has 0 aliphatic carbocycles. The van der Waals surface area contributed by atoms with Gasteiger partial charge in [-0.2, -0.15) is 0 Å². The number of thiophene rings is 1. The predicted octanol–water partition coefficient (Wildman–Crippen LogP) is 4.36. The summed E-state index contributed by atoms with van der Waals surface area (Å²) in [5, 5.41) is 7.92. The number of benzene rings is 2. The van der Waals surface area contributed by atoms with Crippen LogP contribution in [-0.4, -0.2) is 36.6 Å². The standard InChI is InChI=1S/C24H27N3OS/c1-2-13-27(17-21-14-18-7-3-4-9-20(18)16-26-21)24(28)25-12-11-22-15-19-8-5-6-10-23(19)29-22/h2-10,15,21,26H,1,11-14,16-17H2,(H,25,28)/t21-/m0/s1. The number of nitrogens with one attached hydrogen (secondary N) is 2. The number of nitrogens with zero attached hydrogens (tertiary/aromatic N) is 1. The van der Waals surface area contributed by atoms with Crippen molar-refractivity contribution in [1.29, 1.82) is 0 Å². The van der Waals surface area contributed by atoms with Gasteiger partial charge in [-0.3, -0.25) is 0 Å². The Morgan fingerprint density at radius 1 is 1.21 bits per heavy atom. The number of fused-ring (bicyclic) bond motifs is 2. The largest absolute Gasteiger partial charge is 0.338 e. The zero-order valence-corrected chi connectivity index (χ0v) is 17.4. The van der Waals surface area contributed by atoms with Crippen LogP contribution in [0.15, 0.2) is 67.3 Å². The molecule has 29 heavy (non-hydrogen) atoms. The van der Waals surface area contributed by atoms with Gasteiger partial charge in [-0.1, -0.05) is 48.5 Å². The molecule has 0 radical (unpaired) electrons. The van der Waals surface area contributed by atoms with Gasteiger partial charge in [0.2, 0.25) is 0 Å². The fourth-order valence-electron chi connectivity index (χ4n) is 3.88. The molecule has 2 aromatic carbocycles. The van der Waals surface area contributed by atoms with Gasteiger partial charge < -0.3 is 15.5 Å². The van der Waals surface area contributed by atoms with E-state index in [0.29, 0.717) is 19.6 Å². The smallest absolute Gasteiger partial charge is 0.317 e. The third-order valence-electron chi connectivity index (χ3n) is 5.37. The van der Waals surface area contributed by atoms with Gasteiger partial charge in [0.15, 0.2) is 0 Å². The Balaban J connectivity index is 1.31. The molecule has 0 fully saturated rings. The summed E-state index contributed by atoms with van der Waals surface area (Å²) in [5.41, 5.74) is 2.73. The van der Waals surface area contributed by atoms with Crippen LogP contribution in [0, 0.1) is 0 Å². The third-order valence-corrected chi connectivity index (χ3v) is 6.54. The summed E-state index contributed by atoms with van der Waals surface area (Å²) < 4.78 is 1.30. The summed E-state index contributed by atoms with van der Waals surface area (Å²) >= 11 is 1.80. The molecule has 0 bridgehead atoms. The highest BCUT2D eigenvalue weighted by molar-refractivity contribution is 7.19. The lowest BCUT2D eigenvalue weighted by atomic mass is 9.95. The molecule has 0 unspecified atom stereocenters. The first-order chi connectivity index (χ1) is 14.2. The molecule has 2 heterocycles. The Morgan fingerprint density at radius 3 is 2.83 bits per heavy atom. The van der Waals surface area contributed by atoms with Crippen molar-refractivity contribution in [1.82, 2.24) is 15.5 Å². The van der Waals surface area contributed by atoms with Crippen molar-refractivity contribution in [3.8, 4) is 0 Å². The van der Waals surface area contributed by atoms with Gasteiger partial charge in [0, 0.05) is 41.8 Å². The molecule has 1 aliphatic rings. The van der Waals surface area contributed by atoms with Crippen LogP contribution in [0.2, 0.25) is 0 Å². The number of hydrogen-bond acceptors (Lipinski definition) is 3. The molecule has 0 spiro atoms. The van der Waals surface area contributed by atoms with Crippen LogP contribution in [0.1, 0.15) is 16.0 Å². The molecule has 150 valence electrons. The lowest BCUT2D eigenvalue weighted by Crippen LogP contribution is -2.49. The molecule has 1 aliphatic heterocycles. The molecule has 3 aromatic rings. The molecule has 1 aromatic heterocycles. The van der Waals surface area contributed by atoms with E-state index >= 15 is 0 Å². The Bertz CT molecular complexity index is 963. The molecule has 2 N–H and O–H groups in total. The normalized spacial score (nSPS) is 15.7. The average Bonchev–Trinajstić information content (AvgIpc) is 3.16. The van der Waals surface area contributed by atoms with Crippen molar-refractivity contribution in [2.45, 2.75) is 25.4 Å². The lowest BCUT2D eigenvalue weighted by Gasteiger charge is -2.31. The van der Waals surface area contributed by atoms with Gasteiger partial charge in [-0.15, -0.1) is 17.9 Å². The maximum atomic E-state index is 12.8. The molecule has 0 saturated heterocycles. The van der Waals surface area contributed by atoms with Crippen molar-refractivity contribution in [3.05, 3.63) is 83.3 Å². The maximum absolute atomic E-state index is 12.8. The highest BCUT2D eigenvalue weighted by atomic mass is 32.1. The lowest BCUT2D eigenvalue weighted by molar-refractivity contribution is 0.196. The minimum absolute atomic E-state index is 0.0216. The number of urea groups is 1. The van der Waals surface area contributed by atoms with E-state index in [1.807, 2.05) is 4.90 Å². The minimum atomic E-state index is -0.0216.